The van der Waals surface area contributed by atoms with Gasteiger partial charge in [0.2, 0.25) is 0 Å². The third-order valence-corrected chi connectivity index (χ3v) is 1.83. The van der Waals surface area contributed by atoms with E-state index < -0.39 is 5.97 Å². The van der Waals surface area contributed by atoms with Gasteiger partial charge in [0, 0.05) is 5.57 Å². The fourth-order valence-electron chi connectivity index (χ4n) is 1.17. The van der Waals surface area contributed by atoms with Crippen molar-refractivity contribution >= 4 is 12.0 Å². The van der Waals surface area contributed by atoms with Crippen LogP contribution < -0.4 is 0 Å². The van der Waals surface area contributed by atoms with E-state index in [1.807, 2.05) is 13.0 Å². The van der Waals surface area contributed by atoms with Crippen LogP contribution in [0.3, 0.4) is 0 Å². The number of rotatable bonds is 4. The lowest BCUT2D eigenvalue weighted by molar-refractivity contribution is -0.132. The first kappa shape index (κ1) is 9.00. The molecule has 74 valence electrons. The normalized spacial score (nSPS) is 13.1. The standard InChI is InChI=1S/C12H14O2/c1-2-6-11(12(13)14)9-10-7-4-3-5-8-10/h3-5,7-9H,2,6H2,1H3,(H,13,14)/b11-9+/i9D. The highest BCUT2D eigenvalue weighted by Crippen LogP contribution is 2.11. The summed E-state index contributed by atoms with van der Waals surface area (Å²) < 4.78 is 7.80. The first-order valence-electron chi connectivity index (χ1n) is 5.15. The highest BCUT2D eigenvalue weighted by Gasteiger charge is 2.04. The molecule has 14 heavy (non-hydrogen) atoms. The molecule has 0 aliphatic heterocycles. The summed E-state index contributed by atoms with van der Waals surface area (Å²) in [5.74, 6) is -0.995. The monoisotopic (exact) mass is 191 g/mol. The number of carbonyl (C=O) groups is 1. The van der Waals surface area contributed by atoms with Gasteiger partial charge in [0.15, 0.2) is 0 Å². The van der Waals surface area contributed by atoms with Gasteiger partial charge in [-0.1, -0.05) is 43.7 Å². The Hall–Kier alpha value is -1.57. The minimum atomic E-state index is -0.995. The van der Waals surface area contributed by atoms with E-state index in [2.05, 4.69) is 0 Å². The smallest absolute Gasteiger partial charge is 0.331 e. The molecule has 1 aromatic carbocycles. The molecule has 0 saturated heterocycles. The van der Waals surface area contributed by atoms with Crippen LogP contribution in [0.25, 0.3) is 6.05 Å². The van der Waals surface area contributed by atoms with Gasteiger partial charge < -0.3 is 5.11 Å². The van der Waals surface area contributed by atoms with Crippen molar-refractivity contribution in [3.8, 4) is 0 Å². The Labute approximate surface area is 85.3 Å². The van der Waals surface area contributed by atoms with Crippen molar-refractivity contribution in [2.75, 3.05) is 0 Å². The largest absolute Gasteiger partial charge is 0.478 e. The van der Waals surface area contributed by atoms with Crippen molar-refractivity contribution in [1.82, 2.24) is 0 Å². The molecule has 0 atom stereocenters. The van der Waals surface area contributed by atoms with Crippen LogP contribution in [0.2, 0.25) is 0 Å². The van der Waals surface area contributed by atoms with Crippen LogP contribution in [0, 0.1) is 0 Å². The third-order valence-electron chi connectivity index (χ3n) is 1.83. The Balaban J connectivity index is 3.10. The average molecular weight is 191 g/mol. The second kappa shape index (κ2) is 5.22. The molecule has 0 unspecified atom stereocenters. The fraction of sp³-hybridized carbons (Fsp3) is 0.250. The summed E-state index contributed by atoms with van der Waals surface area (Å²) >= 11 is 0. The fourth-order valence-corrected chi connectivity index (χ4v) is 1.17. The molecule has 2 heteroatoms. The first-order chi connectivity index (χ1) is 7.16. The molecule has 0 bridgehead atoms. The molecular weight excluding hydrogens is 176 g/mol. The summed E-state index contributed by atoms with van der Waals surface area (Å²) in [6, 6.07) is 9.06. The summed E-state index contributed by atoms with van der Waals surface area (Å²) in [6.45, 7) is 1.90. The molecule has 0 spiro atoms. The van der Waals surface area contributed by atoms with Crippen LogP contribution >= 0.6 is 0 Å². The van der Waals surface area contributed by atoms with Crippen molar-refractivity contribution in [2.24, 2.45) is 0 Å². The Morgan fingerprint density at radius 3 is 2.64 bits per heavy atom. The molecule has 0 radical (unpaired) electrons. The van der Waals surface area contributed by atoms with E-state index in [4.69, 9.17) is 6.48 Å². The van der Waals surface area contributed by atoms with Gasteiger partial charge >= 0.3 is 5.97 Å². The molecule has 0 aromatic heterocycles. The molecule has 0 amide bonds. The second-order valence-corrected chi connectivity index (χ2v) is 3.02. The summed E-state index contributed by atoms with van der Waals surface area (Å²) in [4.78, 5) is 10.9. The van der Waals surface area contributed by atoms with Gasteiger partial charge in [0.05, 0.1) is 1.37 Å². The predicted molar refractivity (Wildman–Crippen MR) is 57.0 cm³/mol. The summed E-state index contributed by atoms with van der Waals surface area (Å²) in [6.07, 6.45) is 1.17. The first-order valence-corrected chi connectivity index (χ1v) is 4.65. The van der Waals surface area contributed by atoms with Gasteiger partial charge in [-0.2, -0.15) is 0 Å². The Kier molecular flexibility index (Phi) is 3.36. The van der Waals surface area contributed by atoms with E-state index in [0.717, 1.165) is 6.42 Å². The maximum atomic E-state index is 10.9. The van der Waals surface area contributed by atoms with Gasteiger partial charge in [0.1, 0.15) is 0 Å². The van der Waals surface area contributed by atoms with E-state index in [9.17, 15) is 4.79 Å². The highest BCUT2D eigenvalue weighted by molar-refractivity contribution is 5.92. The molecule has 0 aliphatic carbocycles. The molecular formula is C12H14O2. The second-order valence-electron chi connectivity index (χ2n) is 3.02. The Morgan fingerprint density at radius 2 is 2.14 bits per heavy atom. The summed E-state index contributed by atoms with van der Waals surface area (Å²) in [7, 11) is 0. The van der Waals surface area contributed by atoms with E-state index in [-0.39, 0.29) is 11.6 Å². The van der Waals surface area contributed by atoms with Crippen molar-refractivity contribution < 1.29 is 11.3 Å². The molecule has 0 aliphatic rings. The van der Waals surface area contributed by atoms with E-state index >= 15 is 0 Å². The third kappa shape index (κ3) is 3.05. The van der Waals surface area contributed by atoms with Crippen LogP contribution in [0.4, 0.5) is 0 Å². The van der Waals surface area contributed by atoms with Gasteiger partial charge in [0.25, 0.3) is 0 Å². The molecule has 1 N–H and O–H groups in total. The molecule has 0 heterocycles. The van der Waals surface area contributed by atoms with Crippen LogP contribution in [0.1, 0.15) is 26.7 Å². The molecule has 2 nitrogen and oxygen atoms in total. The number of carboxylic acid groups (broad SMARTS) is 1. The zero-order valence-corrected chi connectivity index (χ0v) is 8.16. The van der Waals surface area contributed by atoms with Crippen molar-refractivity contribution in [1.29, 1.82) is 0 Å². The molecule has 1 rings (SSSR count). The zero-order chi connectivity index (χ0) is 11.3. The Bertz CT molecular complexity index is 368. The summed E-state index contributed by atoms with van der Waals surface area (Å²) in [5.41, 5.74) is 0.840. The molecule has 0 fully saturated rings. The van der Waals surface area contributed by atoms with Gasteiger partial charge in [-0.25, -0.2) is 4.79 Å². The van der Waals surface area contributed by atoms with Crippen LogP contribution in [-0.2, 0) is 4.79 Å². The van der Waals surface area contributed by atoms with Crippen LogP contribution in [0.15, 0.2) is 35.9 Å². The average Bonchev–Trinajstić information content (AvgIpc) is 2.26. The van der Waals surface area contributed by atoms with Crippen molar-refractivity contribution in [3.05, 3.63) is 41.5 Å². The number of hydrogen-bond acceptors (Lipinski definition) is 1. The molecule has 0 saturated carbocycles. The quantitative estimate of drug-likeness (QED) is 0.743. The maximum Gasteiger partial charge on any atom is 0.331 e. The minimum Gasteiger partial charge on any atom is -0.478 e. The van der Waals surface area contributed by atoms with E-state index in [1.54, 1.807) is 24.3 Å². The van der Waals surface area contributed by atoms with Gasteiger partial charge in [-0.05, 0) is 18.0 Å². The molecule has 1 aromatic rings. The lowest BCUT2D eigenvalue weighted by atomic mass is 10.1. The number of hydrogen-bond donors (Lipinski definition) is 1. The van der Waals surface area contributed by atoms with Crippen LogP contribution in [0.5, 0.6) is 0 Å². The van der Waals surface area contributed by atoms with Crippen molar-refractivity contribution in [3.63, 3.8) is 0 Å². The zero-order valence-electron chi connectivity index (χ0n) is 9.16. The lowest BCUT2D eigenvalue weighted by Crippen LogP contribution is -1.99. The topological polar surface area (TPSA) is 37.3 Å². The van der Waals surface area contributed by atoms with E-state index in [1.165, 1.54) is 0 Å². The minimum absolute atomic E-state index is 0.116. The number of carboxylic acids is 1. The SMILES string of the molecule is [2H]/C(=C(/CCC)C(=O)O)c1ccccc1. The number of benzene rings is 1. The number of aliphatic carboxylic acids is 1. The lowest BCUT2D eigenvalue weighted by Gasteiger charge is -1.99. The highest BCUT2D eigenvalue weighted by atomic mass is 16.4. The van der Waals surface area contributed by atoms with Crippen molar-refractivity contribution in [2.45, 2.75) is 19.8 Å². The predicted octanol–water partition coefficient (Wildman–Crippen LogP) is 2.95. The summed E-state index contributed by atoms with van der Waals surface area (Å²) in [5, 5.41) is 8.96. The van der Waals surface area contributed by atoms with Gasteiger partial charge in [-0.3, -0.25) is 0 Å². The van der Waals surface area contributed by atoms with Gasteiger partial charge in [-0.15, -0.1) is 0 Å². The van der Waals surface area contributed by atoms with E-state index in [0.29, 0.717) is 12.0 Å². The Morgan fingerprint density at radius 1 is 1.50 bits per heavy atom. The maximum absolute atomic E-state index is 10.9. The van der Waals surface area contributed by atoms with Crippen LogP contribution in [-0.4, -0.2) is 11.1 Å².